The Labute approximate surface area is 208 Å². The molecule has 9 nitrogen and oxygen atoms in total. The van der Waals surface area contributed by atoms with Crippen LogP contribution in [0.3, 0.4) is 0 Å². The van der Waals surface area contributed by atoms with E-state index in [1.807, 2.05) is 6.08 Å². The molecule has 1 aromatic heterocycles. The van der Waals surface area contributed by atoms with Crippen molar-refractivity contribution >= 4 is 44.2 Å². The smallest absolute Gasteiger partial charge is 0.279 e. The van der Waals surface area contributed by atoms with Gasteiger partial charge >= 0.3 is 0 Å². The van der Waals surface area contributed by atoms with Crippen LogP contribution in [0.4, 0.5) is 15.9 Å². The van der Waals surface area contributed by atoms with Crippen molar-refractivity contribution in [3.05, 3.63) is 59.3 Å². The van der Waals surface area contributed by atoms with Crippen molar-refractivity contribution in [2.24, 2.45) is 0 Å². The van der Waals surface area contributed by atoms with E-state index in [0.717, 1.165) is 4.31 Å². The van der Waals surface area contributed by atoms with Crippen LogP contribution in [-0.2, 0) is 10.2 Å². The molecule has 0 spiro atoms. The van der Waals surface area contributed by atoms with Gasteiger partial charge in [-0.05, 0) is 43.2 Å². The van der Waals surface area contributed by atoms with Crippen LogP contribution >= 0.6 is 11.6 Å². The summed E-state index contributed by atoms with van der Waals surface area (Å²) in [5.41, 5.74) is 1.19. The lowest BCUT2D eigenvalue weighted by atomic mass is 10.0. The second-order valence-corrected chi connectivity index (χ2v) is 10.5. The molecule has 0 aliphatic heterocycles. The molecule has 0 bridgehead atoms. The second-order valence-electron chi connectivity index (χ2n) is 8.15. The van der Waals surface area contributed by atoms with Gasteiger partial charge in [-0.3, -0.25) is 0 Å². The predicted molar refractivity (Wildman–Crippen MR) is 133 cm³/mol. The van der Waals surface area contributed by atoms with Crippen molar-refractivity contribution < 1.29 is 22.3 Å². The number of halogens is 2. The number of allylic oxidation sites excluding steroid dienone is 1. The minimum absolute atomic E-state index is 0.00513. The number of rotatable bonds is 8. The number of nitrogens with zero attached hydrogens (tertiary/aromatic N) is 3. The average Bonchev–Trinajstić information content (AvgIpc) is 2.82. The summed E-state index contributed by atoms with van der Waals surface area (Å²) in [6, 6.07) is 7.60. The van der Waals surface area contributed by atoms with Crippen molar-refractivity contribution in [3.8, 4) is 11.5 Å². The first-order valence-electron chi connectivity index (χ1n) is 10.8. The predicted octanol–water partition coefficient (Wildman–Crippen LogP) is 4.39. The molecule has 1 heterocycles. The van der Waals surface area contributed by atoms with E-state index < -0.39 is 16.0 Å². The van der Waals surface area contributed by atoms with Gasteiger partial charge in [-0.1, -0.05) is 11.6 Å². The third-order valence-corrected chi connectivity index (χ3v) is 7.39. The zero-order valence-electron chi connectivity index (χ0n) is 19.4. The van der Waals surface area contributed by atoms with Gasteiger partial charge < -0.3 is 14.8 Å². The topological polar surface area (TPSA) is 106 Å². The molecular formula is C23H25ClFN5O4S. The van der Waals surface area contributed by atoms with E-state index in [-0.39, 0.29) is 11.1 Å². The highest BCUT2D eigenvalue weighted by Gasteiger charge is 2.23. The van der Waals surface area contributed by atoms with E-state index in [2.05, 4.69) is 20.0 Å². The Hall–Kier alpha value is -2.99. The summed E-state index contributed by atoms with van der Waals surface area (Å²) in [5.74, 6) is 1.64. The molecule has 2 aromatic carbocycles. The Morgan fingerprint density at radius 3 is 2.63 bits per heavy atom. The van der Waals surface area contributed by atoms with Crippen molar-refractivity contribution in [1.82, 2.24) is 19.0 Å². The third-order valence-electron chi connectivity index (χ3n) is 5.51. The van der Waals surface area contributed by atoms with Crippen molar-refractivity contribution in [2.45, 2.75) is 25.3 Å². The van der Waals surface area contributed by atoms with Gasteiger partial charge in [-0.2, -0.15) is 17.4 Å². The highest BCUT2D eigenvalue weighted by atomic mass is 35.5. The molecule has 1 atom stereocenters. The maximum Gasteiger partial charge on any atom is 0.279 e. The van der Waals surface area contributed by atoms with Crippen LogP contribution in [0.15, 0.2) is 48.5 Å². The standard InChI is InChI=1S/C23H25ClFN5O4S/c1-30(2)35(31,32)29-14-4-7-16(8-5-14)34-22-11-17-20(12-21(22)33-3)26-13-27-23(17)28-15-6-9-19(25)18(24)10-15/h6-7,9-14,29H,4-5,8H2,1-3H3,(H,26,27,28). The molecule has 12 heteroatoms. The highest BCUT2D eigenvalue weighted by molar-refractivity contribution is 7.87. The molecule has 1 aliphatic rings. The molecule has 1 unspecified atom stereocenters. The van der Waals surface area contributed by atoms with Crippen LogP contribution in [0.1, 0.15) is 19.3 Å². The van der Waals surface area contributed by atoms with Crippen LogP contribution in [0.2, 0.25) is 5.02 Å². The van der Waals surface area contributed by atoms with E-state index in [9.17, 15) is 12.8 Å². The first-order chi connectivity index (χ1) is 16.7. The summed E-state index contributed by atoms with van der Waals surface area (Å²) >= 11 is 5.90. The molecule has 0 amide bonds. The zero-order chi connectivity index (χ0) is 25.2. The number of anilines is 2. The summed E-state index contributed by atoms with van der Waals surface area (Å²) in [5, 5.41) is 3.80. The maximum absolute atomic E-state index is 13.5. The van der Waals surface area contributed by atoms with Crippen LogP contribution in [0.25, 0.3) is 10.9 Å². The number of fused-ring (bicyclic) bond motifs is 1. The Kier molecular flexibility index (Phi) is 7.41. The van der Waals surface area contributed by atoms with Crippen LogP contribution < -0.4 is 19.5 Å². The molecular weight excluding hydrogens is 497 g/mol. The number of nitrogens with one attached hydrogen (secondary N) is 2. The molecule has 0 fully saturated rings. The molecule has 0 saturated heterocycles. The minimum Gasteiger partial charge on any atom is -0.493 e. The molecule has 3 aromatic rings. The van der Waals surface area contributed by atoms with E-state index >= 15 is 0 Å². The molecule has 4 rings (SSSR count). The number of benzene rings is 2. The van der Waals surface area contributed by atoms with Gasteiger partial charge in [0.2, 0.25) is 0 Å². The second kappa shape index (κ2) is 10.3. The Morgan fingerprint density at radius 2 is 1.97 bits per heavy atom. The molecule has 0 radical (unpaired) electrons. The van der Waals surface area contributed by atoms with E-state index in [0.29, 0.717) is 58.9 Å². The quantitative estimate of drug-likeness (QED) is 0.453. The largest absolute Gasteiger partial charge is 0.493 e. The van der Waals surface area contributed by atoms with Gasteiger partial charge in [0.25, 0.3) is 10.2 Å². The van der Waals surface area contributed by atoms with Gasteiger partial charge in [0.15, 0.2) is 11.5 Å². The van der Waals surface area contributed by atoms with E-state index in [1.54, 1.807) is 18.2 Å². The van der Waals surface area contributed by atoms with Gasteiger partial charge in [-0.15, -0.1) is 0 Å². The number of methoxy groups -OCH3 is 1. The summed E-state index contributed by atoms with van der Waals surface area (Å²) in [6.45, 7) is 0. The molecule has 186 valence electrons. The minimum atomic E-state index is -3.50. The van der Waals surface area contributed by atoms with Crippen LogP contribution in [-0.4, -0.2) is 49.9 Å². The van der Waals surface area contributed by atoms with E-state index in [4.69, 9.17) is 21.1 Å². The molecule has 0 saturated carbocycles. The summed E-state index contributed by atoms with van der Waals surface area (Å²) < 4.78 is 53.2. The first-order valence-corrected chi connectivity index (χ1v) is 12.6. The van der Waals surface area contributed by atoms with Gasteiger partial charge in [-0.25, -0.2) is 14.4 Å². The fourth-order valence-corrected chi connectivity index (χ4v) is 4.61. The molecule has 2 N–H and O–H groups in total. The third kappa shape index (κ3) is 5.81. The van der Waals surface area contributed by atoms with Crippen molar-refractivity contribution in [2.75, 3.05) is 26.5 Å². The van der Waals surface area contributed by atoms with Gasteiger partial charge in [0, 0.05) is 43.7 Å². The molecule has 35 heavy (non-hydrogen) atoms. The Balaban J connectivity index is 1.58. The SMILES string of the molecule is COc1cc2ncnc(Nc3ccc(F)c(Cl)c3)c2cc1OC1=CCC(NS(=O)(=O)N(C)C)CC1. The van der Waals surface area contributed by atoms with E-state index in [1.165, 1.54) is 39.7 Å². The number of hydrogen-bond acceptors (Lipinski definition) is 7. The highest BCUT2D eigenvalue weighted by Crippen LogP contribution is 2.37. The monoisotopic (exact) mass is 521 g/mol. The number of ether oxygens (including phenoxy) is 2. The fraction of sp³-hybridized carbons (Fsp3) is 0.304. The summed E-state index contributed by atoms with van der Waals surface area (Å²) in [7, 11) is 1.01. The fourth-order valence-electron chi connectivity index (χ4n) is 3.58. The lowest BCUT2D eigenvalue weighted by Gasteiger charge is -2.25. The average molecular weight is 522 g/mol. The lowest BCUT2D eigenvalue weighted by Crippen LogP contribution is -2.42. The van der Waals surface area contributed by atoms with Crippen molar-refractivity contribution in [3.63, 3.8) is 0 Å². The lowest BCUT2D eigenvalue weighted by molar-refractivity contribution is 0.335. The van der Waals surface area contributed by atoms with Gasteiger partial charge in [0.05, 0.1) is 17.6 Å². The maximum atomic E-state index is 13.5. The van der Waals surface area contributed by atoms with Crippen LogP contribution in [0, 0.1) is 5.82 Å². The zero-order valence-corrected chi connectivity index (χ0v) is 21.0. The number of hydrogen-bond donors (Lipinski definition) is 2. The van der Waals surface area contributed by atoms with Crippen LogP contribution in [0.5, 0.6) is 11.5 Å². The first kappa shape index (κ1) is 25.1. The summed E-state index contributed by atoms with van der Waals surface area (Å²) in [4.78, 5) is 8.63. The van der Waals surface area contributed by atoms with Crippen molar-refractivity contribution in [1.29, 1.82) is 0 Å². The normalized spacial score (nSPS) is 16.3. The Morgan fingerprint density at radius 1 is 1.17 bits per heavy atom. The summed E-state index contributed by atoms with van der Waals surface area (Å²) in [6.07, 6.45) is 4.92. The molecule has 1 aliphatic carbocycles. The Bertz CT molecular complexity index is 1380. The van der Waals surface area contributed by atoms with Gasteiger partial charge in [0.1, 0.15) is 23.7 Å². The number of aromatic nitrogens is 2.